The van der Waals surface area contributed by atoms with Gasteiger partial charge in [-0.05, 0) is 24.4 Å². The summed E-state index contributed by atoms with van der Waals surface area (Å²) in [7, 11) is -1.14. The van der Waals surface area contributed by atoms with E-state index >= 15 is 0 Å². The lowest BCUT2D eigenvalue weighted by molar-refractivity contribution is 0.334. The van der Waals surface area contributed by atoms with Crippen molar-refractivity contribution in [3.05, 3.63) is 53.5 Å². The standard InChI is InChI=1S/C20H24N2OSSi/c1-15-19(23-12-14-25(2,3)4)18(17-11-8-13-24-17)22-20(21-15)16-9-6-5-7-10-16/h5-11,13H,12,14H2,1-4H3. The fourth-order valence-electron chi connectivity index (χ4n) is 2.49. The van der Waals surface area contributed by atoms with Crippen molar-refractivity contribution in [2.45, 2.75) is 32.6 Å². The molecule has 2 aromatic heterocycles. The summed E-state index contributed by atoms with van der Waals surface area (Å²) < 4.78 is 6.18. The molecule has 0 spiro atoms. The summed E-state index contributed by atoms with van der Waals surface area (Å²) >= 11 is 1.68. The number of ether oxygens (including phenoxy) is 1. The molecule has 0 saturated heterocycles. The van der Waals surface area contributed by atoms with Gasteiger partial charge in [-0.15, -0.1) is 11.3 Å². The molecule has 0 fully saturated rings. The van der Waals surface area contributed by atoms with E-state index in [9.17, 15) is 0 Å². The highest BCUT2D eigenvalue weighted by atomic mass is 32.1. The molecule has 0 aliphatic carbocycles. The smallest absolute Gasteiger partial charge is 0.167 e. The van der Waals surface area contributed by atoms with Gasteiger partial charge in [-0.1, -0.05) is 56.0 Å². The molecule has 130 valence electrons. The van der Waals surface area contributed by atoms with E-state index in [-0.39, 0.29) is 0 Å². The number of benzene rings is 1. The molecule has 5 heteroatoms. The number of aryl methyl sites for hydroxylation is 1. The fraction of sp³-hybridized carbons (Fsp3) is 0.300. The van der Waals surface area contributed by atoms with E-state index < -0.39 is 8.07 Å². The normalized spacial score (nSPS) is 11.5. The second-order valence-corrected chi connectivity index (χ2v) is 13.9. The first-order valence-electron chi connectivity index (χ1n) is 8.55. The van der Waals surface area contributed by atoms with E-state index in [4.69, 9.17) is 14.7 Å². The van der Waals surface area contributed by atoms with Crippen molar-refractivity contribution in [1.29, 1.82) is 0 Å². The van der Waals surface area contributed by atoms with Gasteiger partial charge in [0.15, 0.2) is 11.6 Å². The van der Waals surface area contributed by atoms with E-state index in [1.54, 1.807) is 11.3 Å². The molecule has 0 bridgehead atoms. The molecule has 0 N–H and O–H groups in total. The molecule has 0 atom stereocenters. The van der Waals surface area contributed by atoms with Gasteiger partial charge in [0.1, 0.15) is 5.69 Å². The zero-order valence-corrected chi connectivity index (χ0v) is 17.1. The maximum atomic E-state index is 6.18. The van der Waals surface area contributed by atoms with E-state index in [2.05, 4.69) is 31.1 Å². The summed E-state index contributed by atoms with van der Waals surface area (Å²) in [5.74, 6) is 1.57. The molecular weight excluding hydrogens is 344 g/mol. The van der Waals surface area contributed by atoms with Crippen molar-refractivity contribution in [2.24, 2.45) is 0 Å². The third kappa shape index (κ3) is 4.55. The summed E-state index contributed by atoms with van der Waals surface area (Å²) in [6.07, 6.45) is 0. The number of rotatable bonds is 6. The molecule has 3 aromatic rings. The molecule has 25 heavy (non-hydrogen) atoms. The number of hydrogen-bond donors (Lipinski definition) is 0. The van der Waals surface area contributed by atoms with Gasteiger partial charge in [0.2, 0.25) is 0 Å². The van der Waals surface area contributed by atoms with Crippen LogP contribution in [-0.4, -0.2) is 24.6 Å². The minimum atomic E-state index is -1.14. The maximum Gasteiger partial charge on any atom is 0.167 e. The monoisotopic (exact) mass is 368 g/mol. The van der Waals surface area contributed by atoms with Gasteiger partial charge in [-0.3, -0.25) is 0 Å². The molecule has 2 heterocycles. The third-order valence-electron chi connectivity index (χ3n) is 3.92. The summed E-state index contributed by atoms with van der Waals surface area (Å²) in [5, 5.41) is 2.07. The quantitative estimate of drug-likeness (QED) is 0.508. The summed E-state index contributed by atoms with van der Waals surface area (Å²) in [4.78, 5) is 10.7. The first kappa shape index (κ1) is 17.8. The van der Waals surface area contributed by atoms with Gasteiger partial charge in [0.05, 0.1) is 17.2 Å². The van der Waals surface area contributed by atoms with Gasteiger partial charge < -0.3 is 4.74 Å². The zero-order valence-electron chi connectivity index (χ0n) is 15.2. The molecule has 0 saturated carbocycles. The second-order valence-electron chi connectivity index (χ2n) is 7.31. The van der Waals surface area contributed by atoms with Gasteiger partial charge in [0, 0.05) is 13.6 Å². The van der Waals surface area contributed by atoms with Crippen LogP contribution in [0.25, 0.3) is 22.0 Å². The Hall–Kier alpha value is -1.98. The summed E-state index contributed by atoms with van der Waals surface area (Å²) in [5.41, 5.74) is 2.82. The molecular formula is C20H24N2OSSi. The van der Waals surface area contributed by atoms with E-state index in [1.807, 2.05) is 43.3 Å². The number of hydrogen-bond acceptors (Lipinski definition) is 4. The molecule has 3 nitrogen and oxygen atoms in total. The van der Waals surface area contributed by atoms with Crippen molar-refractivity contribution < 1.29 is 4.74 Å². The van der Waals surface area contributed by atoms with Crippen LogP contribution in [0.5, 0.6) is 5.75 Å². The Morgan fingerprint density at radius 3 is 2.40 bits per heavy atom. The summed E-state index contributed by atoms with van der Waals surface area (Å²) in [6, 6.07) is 15.4. The highest BCUT2D eigenvalue weighted by Crippen LogP contribution is 2.35. The Morgan fingerprint density at radius 1 is 1.00 bits per heavy atom. The van der Waals surface area contributed by atoms with E-state index in [0.717, 1.165) is 46.1 Å². The van der Waals surface area contributed by atoms with Crippen LogP contribution in [0.4, 0.5) is 0 Å². The second kappa shape index (κ2) is 7.50. The molecule has 1 aromatic carbocycles. The van der Waals surface area contributed by atoms with Crippen LogP contribution in [0.1, 0.15) is 5.69 Å². The number of thiophene rings is 1. The van der Waals surface area contributed by atoms with Crippen LogP contribution in [0.2, 0.25) is 25.7 Å². The van der Waals surface area contributed by atoms with Gasteiger partial charge in [-0.25, -0.2) is 9.97 Å². The first-order chi connectivity index (χ1) is 11.9. The lowest BCUT2D eigenvalue weighted by Gasteiger charge is -2.18. The zero-order chi connectivity index (χ0) is 17.9. The van der Waals surface area contributed by atoms with Gasteiger partial charge in [-0.2, -0.15) is 0 Å². The Balaban J connectivity index is 1.99. The lowest BCUT2D eigenvalue weighted by Crippen LogP contribution is -2.22. The highest BCUT2D eigenvalue weighted by molar-refractivity contribution is 7.13. The Bertz CT molecular complexity index is 827. The predicted octanol–water partition coefficient (Wildman–Crippen LogP) is 5.90. The van der Waals surface area contributed by atoms with Crippen molar-refractivity contribution >= 4 is 19.4 Å². The fourth-order valence-corrected chi connectivity index (χ4v) is 3.92. The van der Waals surface area contributed by atoms with Crippen LogP contribution in [0.3, 0.4) is 0 Å². The Morgan fingerprint density at radius 2 is 1.76 bits per heavy atom. The largest absolute Gasteiger partial charge is 0.490 e. The third-order valence-corrected chi connectivity index (χ3v) is 6.50. The van der Waals surface area contributed by atoms with Crippen LogP contribution >= 0.6 is 11.3 Å². The topological polar surface area (TPSA) is 35.0 Å². The Labute approximate surface area is 154 Å². The number of nitrogens with zero attached hydrogens (tertiary/aromatic N) is 2. The molecule has 0 unspecified atom stereocenters. The van der Waals surface area contributed by atoms with Crippen molar-refractivity contribution in [3.8, 4) is 27.7 Å². The van der Waals surface area contributed by atoms with Gasteiger partial charge >= 0.3 is 0 Å². The Kier molecular flexibility index (Phi) is 5.35. The molecule has 0 aliphatic heterocycles. The molecule has 3 rings (SSSR count). The molecule has 0 amide bonds. The van der Waals surface area contributed by atoms with E-state index in [1.165, 1.54) is 0 Å². The minimum absolute atomic E-state index is 0.725. The minimum Gasteiger partial charge on any atom is -0.490 e. The van der Waals surface area contributed by atoms with Crippen molar-refractivity contribution in [1.82, 2.24) is 9.97 Å². The summed E-state index contributed by atoms with van der Waals surface area (Å²) in [6.45, 7) is 9.81. The maximum absolute atomic E-state index is 6.18. The van der Waals surface area contributed by atoms with Crippen LogP contribution in [-0.2, 0) is 0 Å². The lowest BCUT2D eigenvalue weighted by atomic mass is 10.2. The first-order valence-corrected chi connectivity index (χ1v) is 13.1. The average molecular weight is 369 g/mol. The van der Waals surface area contributed by atoms with Crippen molar-refractivity contribution in [3.63, 3.8) is 0 Å². The number of aromatic nitrogens is 2. The molecule has 0 radical (unpaired) electrons. The van der Waals surface area contributed by atoms with Crippen molar-refractivity contribution in [2.75, 3.05) is 6.61 Å². The molecule has 0 aliphatic rings. The average Bonchev–Trinajstić information content (AvgIpc) is 3.10. The van der Waals surface area contributed by atoms with Crippen LogP contribution in [0.15, 0.2) is 47.8 Å². The predicted molar refractivity (Wildman–Crippen MR) is 109 cm³/mol. The highest BCUT2D eigenvalue weighted by Gasteiger charge is 2.18. The van der Waals surface area contributed by atoms with Crippen LogP contribution < -0.4 is 4.74 Å². The van der Waals surface area contributed by atoms with E-state index in [0.29, 0.717) is 0 Å². The van der Waals surface area contributed by atoms with Gasteiger partial charge in [0.25, 0.3) is 0 Å². The van der Waals surface area contributed by atoms with Crippen LogP contribution in [0, 0.1) is 6.92 Å². The SMILES string of the molecule is Cc1nc(-c2ccccc2)nc(-c2cccs2)c1OCC[Si](C)(C)C.